The summed E-state index contributed by atoms with van der Waals surface area (Å²) in [5.41, 5.74) is 2.29. The maximum absolute atomic E-state index is 9.48. The first kappa shape index (κ1) is 16.3. The minimum atomic E-state index is 0.567. The molecule has 0 atom stereocenters. The van der Waals surface area contributed by atoms with Gasteiger partial charge in [0.15, 0.2) is 5.56 Å². The van der Waals surface area contributed by atoms with Crippen molar-refractivity contribution < 1.29 is 9.72 Å². The lowest BCUT2D eigenvalue weighted by Gasteiger charge is -2.13. The van der Waals surface area contributed by atoms with E-state index in [0.29, 0.717) is 11.4 Å². The number of ether oxygens (including phenoxy) is 1. The third-order valence-corrected chi connectivity index (χ3v) is 3.67. The number of para-hydroxylation sites is 1. The Hall–Kier alpha value is -3.52. The number of benzene rings is 2. The Labute approximate surface area is 147 Å². The molecule has 2 N–H and O–H groups in total. The van der Waals surface area contributed by atoms with Gasteiger partial charge in [-0.15, -0.1) is 0 Å². The van der Waals surface area contributed by atoms with Crippen LogP contribution in [-0.4, -0.2) is 14.1 Å². The van der Waals surface area contributed by atoms with Crippen molar-refractivity contribution in [3.63, 3.8) is 0 Å². The molecule has 0 spiro atoms. The van der Waals surface area contributed by atoms with Crippen molar-refractivity contribution in [2.45, 2.75) is 0 Å². The molecule has 5 heteroatoms. The first-order valence-electron chi connectivity index (χ1n) is 7.89. The zero-order chi connectivity index (χ0) is 17.6. The molecule has 1 aromatic heterocycles. The van der Waals surface area contributed by atoms with Gasteiger partial charge in [-0.2, -0.15) is 5.26 Å². The molecule has 1 heterocycles. The summed E-state index contributed by atoms with van der Waals surface area (Å²) in [7, 11) is 3.82. The van der Waals surface area contributed by atoms with E-state index in [1.54, 1.807) is 0 Å². The van der Waals surface area contributed by atoms with Gasteiger partial charge < -0.3 is 9.64 Å². The van der Waals surface area contributed by atoms with E-state index in [0.717, 1.165) is 22.9 Å². The highest BCUT2D eigenvalue weighted by Crippen LogP contribution is 2.26. The Morgan fingerprint density at radius 3 is 2.28 bits per heavy atom. The molecule has 0 saturated heterocycles. The van der Waals surface area contributed by atoms with Gasteiger partial charge in [0.05, 0.1) is 11.9 Å². The van der Waals surface area contributed by atoms with Gasteiger partial charge in [0.25, 0.3) is 5.82 Å². The molecule has 3 rings (SSSR count). The number of aromatic amines is 1. The monoisotopic (exact) mass is 331 g/mol. The smallest absolute Gasteiger partial charge is 0.297 e. The van der Waals surface area contributed by atoms with Crippen LogP contribution in [0.1, 0.15) is 5.56 Å². The summed E-state index contributed by atoms with van der Waals surface area (Å²) >= 11 is 0. The number of nitrogens with one attached hydrogen (secondary N) is 2. The summed E-state index contributed by atoms with van der Waals surface area (Å²) in [6.07, 6.45) is 1.81. The third-order valence-electron chi connectivity index (χ3n) is 3.67. The minimum Gasteiger partial charge on any atom is -0.457 e. The van der Waals surface area contributed by atoms with Gasteiger partial charge in [-0.3, -0.25) is 0 Å². The van der Waals surface area contributed by atoms with Crippen LogP contribution in [-0.2, 0) is 0 Å². The normalized spacial score (nSPS) is 9.96. The molecule has 0 unspecified atom stereocenters. The zero-order valence-electron chi connectivity index (χ0n) is 14.2. The molecule has 25 heavy (non-hydrogen) atoms. The van der Waals surface area contributed by atoms with Crippen LogP contribution in [0.25, 0.3) is 0 Å². The van der Waals surface area contributed by atoms with Crippen LogP contribution in [0.3, 0.4) is 0 Å². The maximum atomic E-state index is 9.48. The summed E-state index contributed by atoms with van der Waals surface area (Å²) in [5, 5.41) is 12.7. The van der Waals surface area contributed by atoms with Crippen molar-refractivity contribution in [2.75, 3.05) is 24.3 Å². The number of nitriles is 1. The van der Waals surface area contributed by atoms with Crippen molar-refractivity contribution in [1.29, 1.82) is 5.26 Å². The van der Waals surface area contributed by atoms with Gasteiger partial charge in [0.1, 0.15) is 23.3 Å². The van der Waals surface area contributed by atoms with E-state index in [1.807, 2.05) is 85.9 Å². The van der Waals surface area contributed by atoms with Gasteiger partial charge in [-0.25, -0.2) is 10.3 Å². The SMILES string of the molecule is CN(C)c1cc[nH+]c(Nc2ccc(Oc3ccccc3)cc2)c1C#N. The Bertz CT molecular complexity index is 884. The molecule has 2 aromatic carbocycles. The highest BCUT2D eigenvalue weighted by molar-refractivity contribution is 5.70. The number of hydrogen-bond donors (Lipinski definition) is 1. The lowest BCUT2D eigenvalue weighted by molar-refractivity contribution is -0.360. The standard InChI is InChI=1S/C20H18N4O/c1-24(2)19-12-13-22-20(18(19)14-21)23-15-8-10-17(11-9-15)25-16-6-4-3-5-7-16/h3-13H,1-2H3,(H,22,23)/p+1. The number of anilines is 3. The molecule has 0 aliphatic heterocycles. The van der Waals surface area contributed by atoms with Crippen LogP contribution in [0.15, 0.2) is 66.9 Å². The number of pyridine rings is 1. The second kappa shape index (κ2) is 7.37. The van der Waals surface area contributed by atoms with Crippen molar-refractivity contribution in [1.82, 2.24) is 0 Å². The fraction of sp³-hybridized carbons (Fsp3) is 0.100. The van der Waals surface area contributed by atoms with E-state index < -0.39 is 0 Å². The highest BCUT2D eigenvalue weighted by atomic mass is 16.5. The summed E-state index contributed by atoms with van der Waals surface area (Å²) in [4.78, 5) is 5.01. The van der Waals surface area contributed by atoms with Crippen molar-refractivity contribution in [3.05, 3.63) is 72.4 Å². The number of nitrogens with zero attached hydrogens (tertiary/aromatic N) is 2. The predicted molar refractivity (Wildman–Crippen MR) is 98.3 cm³/mol. The first-order chi connectivity index (χ1) is 12.2. The largest absolute Gasteiger partial charge is 0.457 e. The van der Waals surface area contributed by atoms with Crippen LogP contribution in [0.5, 0.6) is 11.5 Å². The molecule has 0 fully saturated rings. The van der Waals surface area contributed by atoms with E-state index in [1.165, 1.54) is 0 Å². The first-order valence-corrected chi connectivity index (χ1v) is 7.89. The summed E-state index contributed by atoms with van der Waals surface area (Å²) < 4.78 is 5.78. The van der Waals surface area contributed by atoms with Crippen molar-refractivity contribution in [2.24, 2.45) is 0 Å². The fourth-order valence-electron chi connectivity index (χ4n) is 2.45. The van der Waals surface area contributed by atoms with Crippen LogP contribution in [0.2, 0.25) is 0 Å². The molecule has 3 aromatic rings. The topological polar surface area (TPSA) is 62.4 Å². The minimum absolute atomic E-state index is 0.567. The average Bonchev–Trinajstić information content (AvgIpc) is 2.64. The second-order valence-electron chi connectivity index (χ2n) is 5.68. The number of aromatic nitrogens is 1. The Balaban J connectivity index is 1.78. The van der Waals surface area contributed by atoms with Crippen LogP contribution in [0.4, 0.5) is 17.2 Å². The summed E-state index contributed by atoms with van der Waals surface area (Å²) in [6.45, 7) is 0. The van der Waals surface area contributed by atoms with Gasteiger partial charge >= 0.3 is 0 Å². The number of hydrogen-bond acceptors (Lipinski definition) is 4. The molecule has 0 saturated carbocycles. The molecule has 0 aliphatic carbocycles. The Morgan fingerprint density at radius 1 is 0.960 bits per heavy atom. The lowest BCUT2D eigenvalue weighted by atomic mass is 10.2. The summed E-state index contributed by atoms with van der Waals surface area (Å²) in [6, 6.07) is 21.4. The molecular weight excluding hydrogens is 312 g/mol. The van der Waals surface area contributed by atoms with Gasteiger partial charge in [0.2, 0.25) is 0 Å². The quantitative estimate of drug-likeness (QED) is 0.768. The van der Waals surface area contributed by atoms with Gasteiger partial charge in [0, 0.05) is 20.2 Å². The van der Waals surface area contributed by atoms with Crippen LogP contribution < -0.4 is 19.9 Å². The zero-order valence-corrected chi connectivity index (χ0v) is 14.2. The van der Waals surface area contributed by atoms with Gasteiger partial charge in [-0.05, 0) is 36.4 Å². The van der Waals surface area contributed by atoms with E-state index in [9.17, 15) is 5.26 Å². The second-order valence-corrected chi connectivity index (χ2v) is 5.68. The fourth-order valence-corrected chi connectivity index (χ4v) is 2.45. The van der Waals surface area contributed by atoms with Gasteiger partial charge in [-0.1, -0.05) is 18.2 Å². The molecule has 0 aliphatic rings. The lowest BCUT2D eigenvalue weighted by Crippen LogP contribution is -2.17. The van der Waals surface area contributed by atoms with Crippen molar-refractivity contribution in [3.8, 4) is 17.6 Å². The molecule has 0 bridgehead atoms. The maximum Gasteiger partial charge on any atom is 0.297 e. The van der Waals surface area contributed by atoms with Crippen LogP contribution in [0, 0.1) is 11.3 Å². The van der Waals surface area contributed by atoms with Crippen LogP contribution >= 0.6 is 0 Å². The Morgan fingerprint density at radius 2 is 1.64 bits per heavy atom. The molecule has 0 radical (unpaired) electrons. The molecular formula is C20H19N4O+. The van der Waals surface area contributed by atoms with E-state index in [-0.39, 0.29) is 0 Å². The Kier molecular flexibility index (Phi) is 4.82. The molecule has 0 amide bonds. The highest BCUT2D eigenvalue weighted by Gasteiger charge is 2.16. The average molecular weight is 331 g/mol. The number of H-pyrrole nitrogens is 1. The van der Waals surface area contributed by atoms with E-state index in [4.69, 9.17) is 4.74 Å². The predicted octanol–water partition coefficient (Wildman–Crippen LogP) is 3.97. The van der Waals surface area contributed by atoms with E-state index in [2.05, 4.69) is 16.4 Å². The van der Waals surface area contributed by atoms with Crippen molar-refractivity contribution >= 4 is 17.2 Å². The molecule has 5 nitrogen and oxygen atoms in total. The molecule has 124 valence electrons. The summed E-state index contributed by atoms with van der Waals surface area (Å²) in [5.74, 6) is 2.20. The number of rotatable bonds is 5. The third kappa shape index (κ3) is 3.88. The van der Waals surface area contributed by atoms with E-state index >= 15 is 0 Å².